The molecule has 0 saturated carbocycles. The average Bonchev–Trinajstić information content (AvgIpc) is 3.26. The molecule has 0 unspecified atom stereocenters. The molecule has 0 saturated heterocycles. The number of hydrogen-bond donors (Lipinski definition) is 2. The van der Waals surface area contributed by atoms with Crippen molar-refractivity contribution in [1.82, 2.24) is 25.6 Å². The van der Waals surface area contributed by atoms with Crippen LogP contribution >= 0.6 is 0 Å². The lowest BCUT2D eigenvalue weighted by atomic mass is 10.1. The number of rotatable bonds is 14. The number of unbranched alkanes of at least 4 members (excludes halogenated alkanes) is 1. The fourth-order valence-electron chi connectivity index (χ4n) is 2.73. The lowest BCUT2D eigenvalue weighted by Gasteiger charge is -2.12. The highest BCUT2D eigenvalue weighted by Gasteiger charge is 2.16. The van der Waals surface area contributed by atoms with Gasteiger partial charge in [-0.25, -0.2) is 4.68 Å². The molecule has 9 heteroatoms. The zero-order chi connectivity index (χ0) is 22.5. The summed E-state index contributed by atoms with van der Waals surface area (Å²) in [6.07, 6.45) is 5.70. The van der Waals surface area contributed by atoms with Crippen molar-refractivity contribution in [2.45, 2.75) is 33.1 Å². The van der Waals surface area contributed by atoms with Gasteiger partial charge in [0.2, 0.25) is 0 Å². The second-order valence-corrected chi connectivity index (χ2v) is 6.68. The third kappa shape index (κ3) is 7.53. The van der Waals surface area contributed by atoms with Crippen LogP contribution in [0, 0.1) is 0 Å². The molecule has 0 atom stereocenters. The highest BCUT2D eigenvalue weighted by atomic mass is 16.5. The summed E-state index contributed by atoms with van der Waals surface area (Å²) in [6.45, 7) is 10.2. The minimum Gasteiger partial charge on any atom is -0.491 e. The van der Waals surface area contributed by atoms with E-state index in [1.54, 1.807) is 18.2 Å². The minimum absolute atomic E-state index is 0.185. The molecule has 0 bridgehead atoms. The summed E-state index contributed by atoms with van der Waals surface area (Å²) < 4.78 is 12.6. The number of amides is 2. The lowest BCUT2D eigenvalue weighted by Crippen LogP contribution is -2.25. The maximum Gasteiger partial charge on any atom is 0.273 e. The van der Waals surface area contributed by atoms with E-state index < -0.39 is 0 Å². The fraction of sp³-hybridized carbons (Fsp3) is 0.455. The summed E-state index contributed by atoms with van der Waals surface area (Å²) in [5.74, 6) is -0.00719. The second-order valence-electron chi connectivity index (χ2n) is 6.68. The first-order chi connectivity index (χ1) is 15.1. The summed E-state index contributed by atoms with van der Waals surface area (Å²) in [5, 5.41) is 13.6. The molecule has 168 valence electrons. The Kier molecular flexibility index (Phi) is 10.2. The van der Waals surface area contributed by atoms with E-state index in [4.69, 9.17) is 9.47 Å². The van der Waals surface area contributed by atoms with Gasteiger partial charge in [0.15, 0.2) is 5.69 Å². The smallest absolute Gasteiger partial charge is 0.273 e. The van der Waals surface area contributed by atoms with Gasteiger partial charge in [0.1, 0.15) is 11.4 Å². The van der Waals surface area contributed by atoms with Gasteiger partial charge < -0.3 is 20.1 Å². The monoisotopic (exact) mass is 429 g/mol. The first-order valence-corrected chi connectivity index (χ1v) is 10.5. The molecule has 31 heavy (non-hydrogen) atoms. The van der Waals surface area contributed by atoms with E-state index in [0.717, 1.165) is 19.3 Å². The first kappa shape index (κ1) is 24.1. The lowest BCUT2D eigenvalue weighted by molar-refractivity contribution is 0.0935. The summed E-state index contributed by atoms with van der Waals surface area (Å²) in [7, 11) is 0. The molecule has 2 amide bonds. The molecule has 1 heterocycles. The summed E-state index contributed by atoms with van der Waals surface area (Å²) >= 11 is 0. The van der Waals surface area contributed by atoms with Gasteiger partial charge in [-0.15, -0.1) is 11.7 Å². The van der Waals surface area contributed by atoms with Crippen LogP contribution in [0.5, 0.6) is 5.75 Å². The molecule has 2 aromatic rings. The number of benzene rings is 1. The van der Waals surface area contributed by atoms with Crippen molar-refractivity contribution in [3.8, 4) is 11.4 Å². The average molecular weight is 430 g/mol. The van der Waals surface area contributed by atoms with Crippen molar-refractivity contribution < 1.29 is 19.1 Å². The predicted octanol–water partition coefficient (Wildman–Crippen LogP) is 2.52. The SMILES string of the molecule is C=CCCCOc1cc(C(=O)NCC)ccc1-n1cc(C(=O)NCCCOCC)nn1. The van der Waals surface area contributed by atoms with Crippen molar-refractivity contribution in [3.05, 3.63) is 48.3 Å². The normalized spacial score (nSPS) is 10.5. The van der Waals surface area contributed by atoms with Crippen LogP contribution in [-0.2, 0) is 4.74 Å². The third-order valence-corrected chi connectivity index (χ3v) is 4.30. The molecule has 0 aliphatic heterocycles. The Bertz CT molecular complexity index is 865. The van der Waals surface area contributed by atoms with E-state index in [1.807, 2.05) is 19.9 Å². The molecule has 1 aromatic carbocycles. The third-order valence-electron chi connectivity index (χ3n) is 4.30. The Hall–Kier alpha value is -3.20. The molecule has 0 spiro atoms. The number of hydrogen-bond acceptors (Lipinski definition) is 6. The zero-order valence-corrected chi connectivity index (χ0v) is 18.2. The Morgan fingerprint density at radius 1 is 1.16 bits per heavy atom. The molecule has 2 N–H and O–H groups in total. The van der Waals surface area contributed by atoms with Gasteiger partial charge in [-0.05, 0) is 51.3 Å². The van der Waals surface area contributed by atoms with Gasteiger partial charge in [0.05, 0.1) is 12.8 Å². The first-order valence-electron chi connectivity index (χ1n) is 10.5. The maximum absolute atomic E-state index is 12.3. The largest absolute Gasteiger partial charge is 0.491 e. The minimum atomic E-state index is -0.310. The second kappa shape index (κ2) is 13.2. The van der Waals surface area contributed by atoms with Gasteiger partial charge in [-0.1, -0.05) is 11.3 Å². The van der Waals surface area contributed by atoms with Crippen molar-refractivity contribution in [3.63, 3.8) is 0 Å². The van der Waals surface area contributed by atoms with Crippen LogP contribution in [0.1, 0.15) is 54.0 Å². The molecular formula is C22H31N5O4. The molecule has 0 aliphatic rings. The molecule has 0 aliphatic carbocycles. The van der Waals surface area contributed by atoms with Gasteiger partial charge in [0, 0.05) is 31.9 Å². The topological polar surface area (TPSA) is 107 Å². The van der Waals surface area contributed by atoms with Gasteiger partial charge in [0.25, 0.3) is 11.8 Å². The number of nitrogens with one attached hydrogen (secondary N) is 2. The fourth-order valence-corrected chi connectivity index (χ4v) is 2.73. The molecule has 0 radical (unpaired) electrons. The Balaban J connectivity index is 2.15. The van der Waals surface area contributed by atoms with Crippen LogP contribution in [-0.4, -0.2) is 59.7 Å². The number of aromatic nitrogens is 3. The van der Waals surface area contributed by atoms with E-state index in [-0.39, 0.29) is 17.5 Å². The van der Waals surface area contributed by atoms with Crippen molar-refractivity contribution in [2.24, 2.45) is 0 Å². The van der Waals surface area contributed by atoms with Gasteiger partial charge >= 0.3 is 0 Å². The van der Waals surface area contributed by atoms with Crippen molar-refractivity contribution in [2.75, 3.05) is 32.9 Å². The Labute approximate surface area is 182 Å². The van der Waals surface area contributed by atoms with Crippen LogP contribution < -0.4 is 15.4 Å². The van der Waals surface area contributed by atoms with Gasteiger partial charge in [-0.3, -0.25) is 9.59 Å². The van der Waals surface area contributed by atoms with Crippen LogP contribution in [0.25, 0.3) is 5.69 Å². The van der Waals surface area contributed by atoms with E-state index >= 15 is 0 Å². The van der Waals surface area contributed by atoms with E-state index in [9.17, 15) is 9.59 Å². The summed E-state index contributed by atoms with van der Waals surface area (Å²) in [4.78, 5) is 24.5. The Morgan fingerprint density at radius 3 is 2.74 bits per heavy atom. The number of nitrogens with zero attached hydrogens (tertiary/aromatic N) is 3. The molecular weight excluding hydrogens is 398 g/mol. The standard InChI is InChI=1S/C22H31N5O4/c1-4-7-8-14-31-20-15-17(21(28)23-5-2)10-11-19(20)27-16-18(25-26-27)22(29)24-12-9-13-30-6-3/h4,10-11,15-16H,1,5-9,12-14H2,2-3H3,(H,23,28)(H,24,29). The number of carbonyl (C=O) groups excluding carboxylic acids is 2. The molecule has 9 nitrogen and oxygen atoms in total. The van der Waals surface area contributed by atoms with Crippen LogP contribution in [0.15, 0.2) is 37.1 Å². The predicted molar refractivity (Wildman–Crippen MR) is 118 cm³/mol. The Morgan fingerprint density at radius 2 is 2.00 bits per heavy atom. The number of carbonyl (C=O) groups is 2. The quantitative estimate of drug-likeness (QED) is 0.353. The van der Waals surface area contributed by atoms with Crippen LogP contribution in [0.3, 0.4) is 0 Å². The van der Waals surface area contributed by atoms with E-state index in [0.29, 0.717) is 49.9 Å². The molecule has 2 rings (SSSR count). The van der Waals surface area contributed by atoms with Crippen LogP contribution in [0.4, 0.5) is 0 Å². The molecule has 1 aromatic heterocycles. The van der Waals surface area contributed by atoms with E-state index in [1.165, 1.54) is 10.9 Å². The van der Waals surface area contributed by atoms with Crippen molar-refractivity contribution >= 4 is 11.8 Å². The van der Waals surface area contributed by atoms with Crippen molar-refractivity contribution in [1.29, 1.82) is 0 Å². The molecule has 0 fully saturated rings. The maximum atomic E-state index is 12.3. The highest BCUT2D eigenvalue weighted by Crippen LogP contribution is 2.24. The number of ether oxygens (including phenoxy) is 2. The highest BCUT2D eigenvalue weighted by molar-refractivity contribution is 5.95. The van der Waals surface area contributed by atoms with Crippen LogP contribution in [0.2, 0.25) is 0 Å². The summed E-state index contributed by atoms with van der Waals surface area (Å²) in [6, 6.07) is 5.08. The zero-order valence-electron chi connectivity index (χ0n) is 18.2. The summed E-state index contributed by atoms with van der Waals surface area (Å²) in [5.41, 5.74) is 1.27. The van der Waals surface area contributed by atoms with Gasteiger partial charge in [-0.2, -0.15) is 0 Å². The van der Waals surface area contributed by atoms with E-state index in [2.05, 4.69) is 27.5 Å². The number of allylic oxidation sites excluding steroid dienone is 1.